The van der Waals surface area contributed by atoms with Crippen LogP contribution in [-0.2, 0) is 12.7 Å². The summed E-state index contributed by atoms with van der Waals surface area (Å²) >= 11 is 0. The zero-order chi connectivity index (χ0) is 14.8. The second-order valence-electron chi connectivity index (χ2n) is 5.69. The van der Waals surface area contributed by atoms with Crippen LogP contribution in [0.1, 0.15) is 37.8 Å². The molecule has 2 nitrogen and oxygen atoms in total. The van der Waals surface area contributed by atoms with Gasteiger partial charge in [0.15, 0.2) is 0 Å². The first kappa shape index (κ1) is 15.2. The van der Waals surface area contributed by atoms with E-state index in [1.165, 1.54) is 12.1 Å². The molecule has 1 aromatic carbocycles. The van der Waals surface area contributed by atoms with Gasteiger partial charge < -0.3 is 10.1 Å². The summed E-state index contributed by atoms with van der Waals surface area (Å²) in [7, 11) is 0. The van der Waals surface area contributed by atoms with E-state index in [0.717, 1.165) is 12.8 Å². The number of benzene rings is 1. The normalized spacial score (nSPS) is 15.7. The smallest absolute Gasteiger partial charge is 0.419 e. The molecular formula is C15H20F3NO. The molecule has 0 spiro atoms. The van der Waals surface area contributed by atoms with Crippen molar-refractivity contribution in [3.63, 3.8) is 0 Å². The summed E-state index contributed by atoms with van der Waals surface area (Å²) < 4.78 is 44.5. The van der Waals surface area contributed by atoms with Crippen LogP contribution in [0.15, 0.2) is 18.2 Å². The van der Waals surface area contributed by atoms with E-state index >= 15 is 0 Å². The summed E-state index contributed by atoms with van der Waals surface area (Å²) in [5, 5.41) is 3.21. The predicted molar refractivity (Wildman–Crippen MR) is 71.6 cm³/mol. The highest BCUT2D eigenvalue weighted by Gasteiger charge is 2.34. The Morgan fingerprint density at radius 2 is 2.00 bits per heavy atom. The third-order valence-corrected chi connectivity index (χ3v) is 3.09. The molecule has 0 aromatic heterocycles. The van der Waals surface area contributed by atoms with E-state index in [1.54, 1.807) is 6.07 Å². The predicted octanol–water partition coefficient (Wildman–Crippen LogP) is 3.99. The van der Waals surface area contributed by atoms with Crippen molar-refractivity contribution in [1.29, 1.82) is 0 Å². The molecule has 1 N–H and O–H groups in total. The maximum atomic E-state index is 13.1. The Labute approximate surface area is 117 Å². The Kier molecular flexibility index (Phi) is 4.58. The van der Waals surface area contributed by atoms with E-state index in [-0.39, 0.29) is 18.3 Å². The minimum absolute atomic E-state index is 0.0821. The van der Waals surface area contributed by atoms with Gasteiger partial charge in [-0.25, -0.2) is 0 Å². The molecule has 0 atom stereocenters. The molecule has 5 heteroatoms. The van der Waals surface area contributed by atoms with Crippen molar-refractivity contribution in [2.75, 3.05) is 6.61 Å². The molecule has 0 unspecified atom stereocenters. The fraction of sp³-hybridized carbons (Fsp3) is 0.600. The van der Waals surface area contributed by atoms with Crippen molar-refractivity contribution in [2.45, 2.75) is 45.5 Å². The molecule has 0 bridgehead atoms. The summed E-state index contributed by atoms with van der Waals surface area (Å²) in [6, 6.07) is 4.78. The van der Waals surface area contributed by atoms with E-state index in [2.05, 4.69) is 5.32 Å². The number of hydrogen-bond donors (Lipinski definition) is 1. The van der Waals surface area contributed by atoms with Gasteiger partial charge in [-0.3, -0.25) is 0 Å². The number of alkyl halides is 3. The molecule has 1 saturated carbocycles. The molecule has 1 aliphatic rings. The van der Waals surface area contributed by atoms with Gasteiger partial charge >= 0.3 is 6.18 Å². The lowest BCUT2D eigenvalue weighted by Crippen LogP contribution is -2.17. The average Bonchev–Trinajstić information content (AvgIpc) is 3.17. The van der Waals surface area contributed by atoms with E-state index in [1.807, 2.05) is 13.8 Å². The van der Waals surface area contributed by atoms with Crippen LogP contribution in [0.4, 0.5) is 13.2 Å². The van der Waals surface area contributed by atoms with Crippen LogP contribution < -0.4 is 10.1 Å². The number of nitrogens with one attached hydrogen (secondary N) is 1. The van der Waals surface area contributed by atoms with Gasteiger partial charge in [-0.1, -0.05) is 19.9 Å². The summed E-state index contributed by atoms with van der Waals surface area (Å²) in [6.07, 6.45) is -2.16. The van der Waals surface area contributed by atoms with E-state index in [0.29, 0.717) is 18.2 Å². The van der Waals surface area contributed by atoms with Crippen LogP contribution in [0.3, 0.4) is 0 Å². The quantitative estimate of drug-likeness (QED) is 0.854. The van der Waals surface area contributed by atoms with E-state index in [4.69, 9.17) is 4.74 Å². The fourth-order valence-corrected chi connectivity index (χ4v) is 1.84. The SMILES string of the molecule is CC(C)COc1ccc(CNC2CC2)cc1C(F)(F)F. The maximum absolute atomic E-state index is 13.1. The highest BCUT2D eigenvalue weighted by Crippen LogP contribution is 2.37. The number of hydrogen-bond acceptors (Lipinski definition) is 2. The molecular weight excluding hydrogens is 267 g/mol. The Bertz CT molecular complexity index is 453. The standard InChI is InChI=1S/C15H20F3NO/c1-10(2)9-20-14-6-3-11(8-19-12-4-5-12)7-13(14)15(16,17)18/h3,6-7,10,12,19H,4-5,8-9H2,1-2H3. The van der Waals surface area contributed by atoms with E-state index in [9.17, 15) is 13.2 Å². The minimum Gasteiger partial charge on any atom is -0.493 e. The first-order valence-corrected chi connectivity index (χ1v) is 6.92. The lowest BCUT2D eigenvalue weighted by atomic mass is 10.1. The fourth-order valence-electron chi connectivity index (χ4n) is 1.84. The van der Waals surface area contributed by atoms with E-state index < -0.39 is 11.7 Å². The van der Waals surface area contributed by atoms with Crippen LogP contribution in [0.2, 0.25) is 0 Å². The molecule has 1 aromatic rings. The number of ether oxygens (including phenoxy) is 1. The minimum atomic E-state index is -4.39. The molecule has 2 rings (SSSR count). The van der Waals surface area contributed by atoms with Gasteiger partial charge in [0.25, 0.3) is 0 Å². The monoisotopic (exact) mass is 287 g/mol. The summed E-state index contributed by atoms with van der Waals surface area (Å²) in [4.78, 5) is 0. The van der Waals surface area contributed by atoms with Crippen molar-refractivity contribution in [3.8, 4) is 5.75 Å². The Balaban J connectivity index is 2.13. The topological polar surface area (TPSA) is 21.3 Å². The molecule has 0 aliphatic heterocycles. The number of rotatable bonds is 6. The van der Waals surface area contributed by atoms with Crippen molar-refractivity contribution < 1.29 is 17.9 Å². The second-order valence-corrected chi connectivity index (χ2v) is 5.69. The zero-order valence-corrected chi connectivity index (χ0v) is 11.8. The maximum Gasteiger partial charge on any atom is 0.419 e. The summed E-state index contributed by atoms with van der Waals surface area (Å²) in [5.74, 6) is 0.105. The molecule has 0 heterocycles. The molecule has 1 fully saturated rings. The highest BCUT2D eigenvalue weighted by molar-refractivity contribution is 5.39. The van der Waals surface area contributed by atoms with Crippen LogP contribution in [-0.4, -0.2) is 12.6 Å². The summed E-state index contributed by atoms with van der Waals surface area (Å²) in [6.45, 7) is 4.56. The zero-order valence-electron chi connectivity index (χ0n) is 11.8. The first-order chi connectivity index (χ1) is 9.36. The Morgan fingerprint density at radius 1 is 1.30 bits per heavy atom. The third kappa shape index (κ3) is 4.40. The lowest BCUT2D eigenvalue weighted by Gasteiger charge is -2.16. The average molecular weight is 287 g/mol. The summed E-state index contributed by atoms with van der Waals surface area (Å²) in [5.41, 5.74) is -0.0469. The Hall–Kier alpha value is -1.23. The lowest BCUT2D eigenvalue weighted by molar-refractivity contribution is -0.139. The van der Waals surface area contributed by atoms with Gasteiger partial charge in [-0.05, 0) is 36.5 Å². The largest absolute Gasteiger partial charge is 0.493 e. The Morgan fingerprint density at radius 3 is 2.55 bits per heavy atom. The van der Waals surface area contributed by atoms with Gasteiger partial charge in [0.1, 0.15) is 5.75 Å². The van der Waals surface area contributed by atoms with Crippen LogP contribution in [0.25, 0.3) is 0 Å². The third-order valence-electron chi connectivity index (χ3n) is 3.09. The molecule has 0 amide bonds. The molecule has 1 aliphatic carbocycles. The van der Waals surface area contributed by atoms with Crippen molar-refractivity contribution in [1.82, 2.24) is 5.32 Å². The molecule has 0 saturated heterocycles. The van der Waals surface area contributed by atoms with Crippen LogP contribution in [0, 0.1) is 5.92 Å². The van der Waals surface area contributed by atoms with Gasteiger partial charge in [-0.2, -0.15) is 13.2 Å². The van der Waals surface area contributed by atoms with Gasteiger partial charge in [-0.15, -0.1) is 0 Å². The highest BCUT2D eigenvalue weighted by atomic mass is 19.4. The first-order valence-electron chi connectivity index (χ1n) is 6.92. The number of halogens is 3. The second kappa shape index (κ2) is 6.04. The van der Waals surface area contributed by atoms with Gasteiger partial charge in [0.05, 0.1) is 12.2 Å². The van der Waals surface area contributed by atoms with Crippen LogP contribution in [0.5, 0.6) is 5.75 Å². The molecule has 20 heavy (non-hydrogen) atoms. The van der Waals surface area contributed by atoms with Crippen molar-refractivity contribution in [2.24, 2.45) is 5.92 Å². The molecule has 112 valence electrons. The molecule has 0 radical (unpaired) electrons. The van der Waals surface area contributed by atoms with Gasteiger partial charge in [0, 0.05) is 12.6 Å². The van der Waals surface area contributed by atoms with Crippen LogP contribution >= 0.6 is 0 Å². The van der Waals surface area contributed by atoms with Crippen molar-refractivity contribution >= 4 is 0 Å². The van der Waals surface area contributed by atoms with Gasteiger partial charge in [0.2, 0.25) is 0 Å². The van der Waals surface area contributed by atoms with Crippen molar-refractivity contribution in [3.05, 3.63) is 29.3 Å².